The topological polar surface area (TPSA) is 88.1 Å². The number of methoxy groups -OCH3 is 1. The van der Waals surface area contributed by atoms with Crippen LogP contribution in [0.3, 0.4) is 0 Å². The SMILES string of the molecule is COc1ccc([C@@H]2Cn3nnc(-c4noc(-c5ccccc5)n4)c3CO2)cc1. The monoisotopic (exact) mass is 375 g/mol. The molecular weight excluding hydrogens is 358 g/mol. The van der Waals surface area contributed by atoms with Crippen LogP contribution >= 0.6 is 0 Å². The molecule has 8 heteroatoms. The number of ether oxygens (including phenoxy) is 2. The largest absolute Gasteiger partial charge is 0.497 e. The van der Waals surface area contributed by atoms with Crippen molar-refractivity contribution in [2.24, 2.45) is 0 Å². The molecule has 2 aromatic carbocycles. The summed E-state index contributed by atoms with van der Waals surface area (Å²) in [5, 5.41) is 12.6. The van der Waals surface area contributed by atoms with E-state index in [9.17, 15) is 0 Å². The maximum absolute atomic E-state index is 6.05. The second-order valence-corrected chi connectivity index (χ2v) is 6.43. The Labute approximate surface area is 160 Å². The maximum Gasteiger partial charge on any atom is 0.258 e. The highest BCUT2D eigenvalue weighted by atomic mass is 16.5. The van der Waals surface area contributed by atoms with E-state index in [0.717, 1.165) is 22.6 Å². The lowest BCUT2D eigenvalue weighted by Crippen LogP contribution is -2.22. The van der Waals surface area contributed by atoms with Crippen molar-refractivity contribution >= 4 is 0 Å². The van der Waals surface area contributed by atoms with Gasteiger partial charge in [0.2, 0.25) is 5.82 Å². The highest BCUT2D eigenvalue weighted by molar-refractivity contribution is 5.58. The van der Waals surface area contributed by atoms with Crippen LogP contribution in [0.5, 0.6) is 5.75 Å². The number of benzene rings is 2. The van der Waals surface area contributed by atoms with Gasteiger partial charge in [-0.3, -0.25) is 0 Å². The first kappa shape index (κ1) is 16.6. The molecule has 1 aliphatic heterocycles. The summed E-state index contributed by atoms with van der Waals surface area (Å²) in [5.41, 5.74) is 3.34. The normalized spacial score (nSPS) is 16.0. The molecule has 2 aromatic heterocycles. The van der Waals surface area contributed by atoms with Crippen molar-refractivity contribution in [3.05, 3.63) is 65.9 Å². The van der Waals surface area contributed by atoms with Crippen LogP contribution in [0.25, 0.3) is 23.0 Å². The summed E-state index contributed by atoms with van der Waals surface area (Å²) in [7, 11) is 1.65. The van der Waals surface area contributed by atoms with Gasteiger partial charge in [0, 0.05) is 5.56 Å². The van der Waals surface area contributed by atoms with Gasteiger partial charge in [0.25, 0.3) is 5.89 Å². The standard InChI is InChI=1S/C20H17N5O3/c1-26-15-9-7-13(8-10-15)17-11-25-16(12-27-17)18(22-24-25)19-21-20(28-23-19)14-5-3-2-4-6-14/h2-10,17H,11-12H2,1H3/t17-/m0/s1. The zero-order valence-electron chi connectivity index (χ0n) is 15.1. The Hall–Kier alpha value is -3.52. The summed E-state index contributed by atoms with van der Waals surface area (Å²) >= 11 is 0. The van der Waals surface area contributed by atoms with Gasteiger partial charge in [0.1, 0.15) is 11.9 Å². The van der Waals surface area contributed by atoms with Gasteiger partial charge in [0.05, 0.1) is 26.0 Å². The molecule has 5 rings (SSSR count). The highest BCUT2D eigenvalue weighted by Crippen LogP contribution is 2.31. The van der Waals surface area contributed by atoms with Crippen LogP contribution in [0.1, 0.15) is 17.4 Å². The Morgan fingerprint density at radius 1 is 1.07 bits per heavy atom. The molecule has 0 aliphatic carbocycles. The van der Waals surface area contributed by atoms with Crippen LogP contribution in [0, 0.1) is 0 Å². The van der Waals surface area contributed by atoms with Crippen molar-refractivity contribution in [2.45, 2.75) is 19.3 Å². The molecular formula is C20H17N5O3. The second-order valence-electron chi connectivity index (χ2n) is 6.43. The van der Waals surface area contributed by atoms with Gasteiger partial charge in [-0.2, -0.15) is 4.98 Å². The van der Waals surface area contributed by atoms with Crippen molar-refractivity contribution in [2.75, 3.05) is 7.11 Å². The van der Waals surface area contributed by atoms with E-state index in [1.165, 1.54) is 0 Å². The average Bonchev–Trinajstić information content (AvgIpc) is 3.41. The van der Waals surface area contributed by atoms with Gasteiger partial charge in [-0.25, -0.2) is 4.68 Å². The molecule has 0 spiro atoms. The number of hydrogen-bond donors (Lipinski definition) is 0. The minimum Gasteiger partial charge on any atom is -0.497 e. The lowest BCUT2D eigenvalue weighted by molar-refractivity contribution is -0.00114. The third kappa shape index (κ3) is 2.93. The first-order valence-electron chi connectivity index (χ1n) is 8.89. The van der Waals surface area contributed by atoms with Crippen molar-refractivity contribution in [1.29, 1.82) is 0 Å². The summed E-state index contributed by atoms with van der Waals surface area (Å²) in [5.74, 6) is 1.67. The van der Waals surface area contributed by atoms with Crippen LogP contribution in [0.2, 0.25) is 0 Å². The van der Waals surface area contributed by atoms with E-state index < -0.39 is 0 Å². The van der Waals surface area contributed by atoms with E-state index in [1.807, 2.05) is 59.3 Å². The average molecular weight is 375 g/mol. The van der Waals surface area contributed by atoms with Gasteiger partial charge in [-0.05, 0) is 29.8 Å². The molecule has 0 bridgehead atoms. The third-order valence-electron chi connectivity index (χ3n) is 4.74. The Morgan fingerprint density at radius 2 is 1.89 bits per heavy atom. The van der Waals surface area contributed by atoms with E-state index in [-0.39, 0.29) is 6.10 Å². The number of rotatable bonds is 4. The van der Waals surface area contributed by atoms with Crippen LogP contribution < -0.4 is 4.74 Å². The Kier molecular flexibility index (Phi) is 4.10. The predicted octanol–water partition coefficient (Wildman–Crippen LogP) is 3.28. The number of fused-ring (bicyclic) bond motifs is 1. The van der Waals surface area contributed by atoms with E-state index in [4.69, 9.17) is 14.0 Å². The third-order valence-corrected chi connectivity index (χ3v) is 4.74. The molecule has 4 aromatic rings. The fraction of sp³-hybridized carbons (Fsp3) is 0.200. The van der Waals surface area contributed by atoms with E-state index in [2.05, 4.69) is 20.5 Å². The molecule has 0 N–H and O–H groups in total. The van der Waals surface area contributed by atoms with Crippen molar-refractivity contribution in [3.63, 3.8) is 0 Å². The summed E-state index contributed by atoms with van der Waals surface area (Å²) in [4.78, 5) is 4.46. The van der Waals surface area contributed by atoms with Crippen LogP contribution in [-0.4, -0.2) is 32.2 Å². The Bertz CT molecular complexity index is 1090. The summed E-state index contributed by atoms with van der Waals surface area (Å²) in [6, 6.07) is 17.5. The van der Waals surface area contributed by atoms with E-state index in [0.29, 0.717) is 30.6 Å². The van der Waals surface area contributed by atoms with E-state index >= 15 is 0 Å². The molecule has 0 radical (unpaired) electrons. The summed E-state index contributed by atoms with van der Waals surface area (Å²) in [6.45, 7) is 0.937. The molecule has 0 amide bonds. The van der Waals surface area contributed by atoms with Gasteiger partial charge in [-0.15, -0.1) is 5.10 Å². The summed E-state index contributed by atoms with van der Waals surface area (Å²) in [6.07, 6.45) is -0.0990. The van der Waals surface area contributed by atoms with Gasteiger partial charge >= 0.3 is 0 Å². The van der Waals surface area contributed by atoms with Crippen LogP contribution in [-0.2, 0) is 17.9 Å². The molecule has 28 heavy (non-hydrogen) atoms. The minimum atomic E-state index is -0.0990. The van der Waals surface area contributed by atoms with Gasteiger partial charge in [0.15, 0.2) is 5.69 Å². The van der Waals surface area contributed by atoms with Crippen molar-refractivity contribution in [3.8, 4) is 28.7 Å². The highest BCUT2D eigenvalue weighted by Gasteiger charge is 2.27. The molecule has 140 valence electrons. The second kappa shape index (κ2) is 6.90. The quantitative estimate of drug-likeness (QED) is 0.541. The van der Waals surface area contributed by atoms with Crippen LogP contribution in [0.15, 0.2) is 59.1 Å². The fourth-order valence-electron chi connectivity index (χ4n) is 3.22. The smallest absolute Gasteiger partial charge is 0.258 e. The lowest BCUT2D eigenvalue weighted by Gasteiger charge is -2.24. The van der Waals surface area contributed by atoms with E-state index in [1.54, 1.807) is 7.11 Å². The molecule has 0 saturated carbocycles. The fourth-order valence-corrected chi connectivity index (χ4v) is 3.22. The first-order chi connectivity index (χ1) is 13.8. The molecule has 1 atom stereocenters. The number of aromatic nitrogens is 5. The van der Waals surface area contributed by atoms with Crippen LogP contribution in [0.4, 0.5) is 0 Å². The number of nitrogens with zero attached hydrogens (tertiary/aromatic N) is 5. The van der Waals surface area contributed by atoms with Gasteiger partial charge in [-0.1, -0.05) is 40.7 Å². The molecule has 0 fully saturated rings. The van der Waals surface area contributed by atoms with Gasteiger partial charge < -0.3 is 14.0 Å². The molecule has 1 aliphatic rings. The first-order valence-corrected chi connectivity index (χ1v) is 8.89. The minimum absolute atomic E-state index is 0.0990. The van der Waals surface area contributed by atoms with Crippen molar-refractivity contribution in [1.82, 2.24) is 25.1 Å². The molecule has 8 nitrogen and oxygen atoms in total. The predicted molar refractivity (Wildman–Crippen MR) is 99.3 cm³/mol. The lowest BCUT2D eigenvalue weighted by atomic mass is 10.1. The maximum atomic E-state index is 6.05. The van der Waals surface area contributed by atoms with Crippen molar-refractivity contribution < 1.29 is 14.0 Å². The zero-order valence-corrected chi connectivity index (χ0v) is 15.1. The Morgan fingerprint density at radius 3 is 2.68 bits per heavy atom. The molecule has 3 heterocycles. The number of hydrogen-bond acceptors (Lipinski definition) is 7. The summed E-state index contributed by atoms with van der Waals surface area (Å²) < 4.78 is 18.5. The molecule has 0 saturated heterocycles. The molecule has 0 unspecified atom stereocenters. The Balaban J connectivity index is 1.39. The zero-order chi connectivity index (χ0) is 18.9.